The van der Waals surface area contributed by atoms with E-state index in [0.717, 1.165) is 5.56 Å². The van der Waals surface area contributed by atoms with Gasteiger partial charge in [-0.2, -0.15) is 18.3 Å². The zero-order valence-electron chi connectivity index (χ0n) is 12.5. The number of hydrogen-bond acceptors (Lipinski definition) is 4. The van der Waals surface area contributed by atoms with Gasteiger partial charge < -0.3 is 9.30 Å². The number of rotatable bonds is 4. The van der Waals surface area contributed by atoms with Gasteiger partial charge in [-0.1, -0.05) is 0 Å². The van der Waals surface area contributed by atoms with E-state index in [1.54, 1.807) is 24.1 Å². The number of hydrogen-bond donors (Lipinski definition) is 0. The first-order valence-electron chi connectivity index (χ1n) is 7.00. The lowest BCUT2D eigenvalue weighted by atomic mass is 10.2. The molecule has 9 heteroatoms. The van der Waals surface area contributed by atoms with E-state index in [0.29, 0.717) is 6.42 Å². The van der Waals surface area contributed by atoms with Crippen molar-refractivity contribution in [2.75, 3.05) is 0 Å². The van der Waals surface area contributed by atoms with E-state index in [9.17, 15) is 18.0 Å². The van der Waals surface area contributed by atoms with Crippen LogP contribution in [0.25, 0.3) is 0 Å². The van der Waals surface area contributed by atoms with Gasteiger partial charge in [0.1, 0.15) is 0 Å². The molecule has 1 aliphatic carbocycles. The average molecular weight is 328 g/mol. The number of imidazole rings is 1. The fourth-order valence-corrected chi connectivity index (χ4v) is 2.55. The van der Waals surface area contributed by atoms with Gasteiger partial charge in [-0.05, 0) is 12.0 Å². The minimum Gasteiger partial charge on any atom is -0.444 e. The van der Waals surface area contributed by atoms with Crippen molar-refractivity contribution in [3.63, 3.8) is 0 Å². The van der Waals surface area contributed by atoms with Crippen molar-refractivity contribution in [2.24, 2.45) is 20.0 Å². The molecule has 3 atom stereocenters. The van der Waals surface area contributed by atoms with E-state index < -0.39 is 24.2 Å². The standard InChI is InChI=1S/C14H15F3N4O2/c1-20-4-3-18-12(20)11(14(15,16)17)23-13(22)10-5-9(10)8-6-19-21(2)7-8/h3-4,6-7,9-11H,5H2,1-2H3/t9-,10+,11+/m0/s1. The number of carbonyl (C=O) groups is 1. The topological polar surface area (TPSA) is 61.9 Å². The highest BCUT2D eigenvalue weighted by Gasteiger charge is 2.51. The minimum atomic E-state index is -4.71. The monoisotopic (exact) mass is 328 g/mol. The minimum absolute atomic E-state index is 0.133. The Morgan fingerprint density at radius 1 is 1.43 bits per heavy atom. The fourth-order valence-electron chi connectivity index (χ4n) is 2.55. The van der Waals surface area contributed by atoms with E-state index in [1.165, 1.54) is 24.0 Å². The van der Waals surface area contributed by atoms with Crippen molar-refractivity contribution in [1.29, 1.82) is 0 Å². The molecule has 2 aromatic rings. The summed E-state index contributed by atoms with van der Waals surface area (Å²) in [5.74, 6) is -1.90. The molecule has 1 aliphatic rings. The lowest BCUT2D eigenvalue weighted by Gasteiger charge is -2.20. The molecule has 2 aromatic heterocycles. The highest BCUT2D eigenvalue weighted by molar-refractivity contribution is 5.77. The molecule has 0 unspecified atom stereocenters. The van der Waals surface area contributed by atoms with Crippen molar-refractivity contribution in [3.8, 4) is 0 Å². The van der Waals surface area contributed by atoms with E-state index in [4.69, 9.17) is 4.74 Å². The number of alkyl halides is 3. The molecule has 124 valence electrons. The molecule has 0 spiro atoms. The van der Waals surface area contributed by atoms with Crippen LogP contribution in [0, 0.1) is 5.92 Å². The number of halogens is 3. The number of aromatic nitrogens is 4. The predicted octanol–water partition coefficient (Wildman–Crippen LogP) is 2.10. The summed E-state index contributed by atoms with van der Waals surface area (Å²) in [6.45, 7) is 0. The predicted molar refractivity (Wildman–Crippen MR) is 72.2 cm³/mol. The van der Waals surface area contributed by atoms with Crippen LogP contribution < -0.4 is 0 Å². The van der Waals surface area contributed by atoms with Crippen LogP contribution in [0.1, 0.15) is 29.8 Å². The van der Waals surface area contributed by atoms with Crippen LogP contribution in [-0.4, -0.2) is 31.5 Å². The number of aryl methyl sites for hydroxylation is 2. The summed E-state index contributed by atoms with van der Waals surface area (Å²) in [6.07, 6.45) is -0.640. The van der Waals surface area contributed by atoms with Gasteiger partial charge >= 0.3 is 12.1 Å². The molecule has 0 N–H and O–H groups in total. The van der Waals surface area contributed by atoms with E-state index in [-0.39, 0.29) is 11.7 Å². The van der Waals surface area contributed by atoms with Crippen LogP contribution in [0.2, 0.25) is 0 Å². The van der Waals surface area contributed by atoms with Crippen LogP contribution in [0.15, 0.2) is 24.8 Å². The average Bonchev–Trinajstić information content (AvgIpc) is 2.97. The molecule has 6 nitrogen and oxygen atoms in total. The molecular formula is C14H15F3N4O2. The van der Waals surface area contributed by atoms with Crippen molar-refractivity contribution in [2.45, 2.75) is 24.6 Å². The van der Waals surface area contributed by atoms with Gasteiger partial charge in [-0.15, -0.1) is 0 Å². The lowest BCUT2D eigenvalue weighted by Crippen LogP contribution is -2.29. The Bertz CT molecular complexity index is 722. The van der Waals surface area contributed by atoms with Crippen molar-refractivity contribution in [1.82, 2.24) is 19.3 Å². The summed E-state index contributed by atoms with van der Waals surface area (Å²) in [7, 11) is 3.16. The third-order valence-electron chi connectivity index (χ3n) is 3.87. The van der Waals surface area contributed by atoms with Crippen LogP contribution in [0.5, 0.6) is 0 Å². The zero-order valence-corrected chi connectivity index (χ0v) is 12.5. The van der Waals surface area contributed by atoms with Crippen LogP contribution in [-0.2, 0) is 23.6 Å². The van der Waals surface area contributed by atoms with Gasteiger partial charge in [-0.3, -0.25) is 9.48 Å². The van der Waals surface area contributed by atoms with Crippen molar-refractivity contribution < 1.29 is 22.7 Å². The first-order valence-corrected chi connectivity index (χ1v) is 7.00. The molecule has 3 rings (SSSR count). The van der Waals surface area contributed by atoms with Gasteiger partial charge in [0.15, 0.2) is 5.82 Å². The van der Waals surface area contributed by atoms with Gasteiger partial charge in [-0.25, -0.2) is 4.98 Å². The van der Waals surface area contributed by atoms with Gasteiger partial charge in [0, 0.05) is 38.6 Å². The smallest absolute Gasteiger partial charge is 0.432 e. The summed E-state index contributed by atoms with van der Waals surface area (Å²) >= 11 is 0. The number of ether oxygens (including phenoxy) is 1. The first kappa shape index (κ1) is 15.6. The Hall–Kier alpha value is -2.32. The maximum Gasteiger partial charge on any atom is 0.432 e. The largest absolute Gasteiger partial charge is 0.444 e. The molecule has 0 aliphatic heterocycles. The summed E-state index contributed by atoms with van der Waals surface area (Å²) in [4.78, 5) is 15.7. The number of carbonyl (C=O) groups excluding carboxylic acids is 1. The second-order valence-corrected chi connectivity index (χ2v) is 5.65. The number of esters is 1. The second-order valence-electron chi connectivity index (χ2n) is 5.65. The molecule has 0 aromatic carbocycles. The van der Waals surface area contributed by atoms with Gasteiger partial charge in [0.25, 0.3) is 6.10 Å². The molecule has 2 heterocycles. The molecule has 0 radical (unpaired) electrons. The molecule has 1 fully saturated rings. The molecule has 1 saturated carbocycles. The Kier molecular flexibility index (Phi) is 3.65. The second kappa shape index (κ2) is 5.39. The number of nitrogens with zero attached hydrogens (tertiary/aromatic N) is 4. The van der Waals surface area contributed by atoms with Gasteiger partial charge in [0.05, 0.1) is 12.1 Å². The summed E-state index contributed by atoms with van der Waals surface area (Å²) < 4.78 is 47.1. The fraction of sp³-hybridized carbons (Fsp3) is 0.500. The van der Waals surface area contributed by atoms with E-state index >= 15 is 0 Å². The third-order valence-corrected chi connectivity index (χ3v) is 3.87. The van der Waals surface area contributed by atoms with Crippen LogP contribution in [0.3, 0.4) is 0 Å². The summed E-state index contributed by atoms with van der Waals surface area (Å²) in [5, 5.41) is 4.00. The first-order chi connectivity index (χ1) is 10.8. The highest BCUT2D eigenvalue weighted by atomic mass is 19.4. The molecule has 0 saturated heterocycles. The van der Waals surface area contributed by atoms with Crippen molar-refractivity contribution >= 4 is 5.97 Å². The summed E-state index contributed by atoms with van der Waals surface area (Å²) in [5.41, 5.74) is 0.829. The SMILES string of the molecule is Cn1cc([C@@H]2C[C@H]2C(=O)O[C@H](c2nccn2C)C(F)(F)F)cn1. The molecule has 0 amide bonds. The molecular weight excluding hydrogens is 313 g/mol. The summed E-state index contributed by atoms with van der Waals surface area (Å²) in [6, 6.07) is 0. The Labute approximate surface area is 129 Å². The quantitative estimate of drug-likeness (QED) is 0.807. The Balaban J connectivity index is 1.72. The normalized spacial score (nSPS) is 22.0. The lowest BCUT2D eigenvalue weighted by molar-refractivity contribution is -0.227. The maximum atomic E-state index is 13.2. The Morgan fingerprint density at radius 3 is 2.70 bits per heavy atom. The van der Waals surface area contributed by atoms with Crippen LogP contribution in [0.4, 0.5) is 13.2 Å². The van der Waals surface area contributed by atoms with Gasteiger partial charge in [0.2, 0.25) is 0 Å². The Morgan fingerprint density at radius 2 is 2.17 bits per heavy atom. The van der Waals surface area contributed by atoms with E-state index in [2.05, 4.69) is 10.1 Å². The van der Waals surface area contributed by atoms with Crippen LogP contribution >= 0.6 is 0 Å². The molecule has 23 heavy (non-hydrogen) atoms. The van der Waals surface area contributed by atoms with E-state index in [1.807, 2.05) is 0 Å². The zero-order chi connectivity index (χ0) is 16.8. The van der Waals surface area contributed by atoms with Crippen molar-refractivity contribution in [3.05, 3.63) is 36.2 Å². The third kappa shape index (κ3) is 3.08. The highest BCUT2D eigenvalue weighted by Crippen LogP contribution is 2.49. The molecule has 0 bridgehead atoms. The maximum absolute atomic E-state index is 13.2.